The van der Waals surface area contributed by atoms with E-state index in [1.54, 1.807) is 0 Å². The largest absolute Gasteiger partial charge is 0.504 e. The van der Waals surface area contributed by atoms with Gasteiger partial charge in [0.25, 0.3) is 0 Å². The molecule has 1 aromatic carbocycles. The summed E-state index contributed by atoms with van der Waals surface area (Å²) in [6, 6.07) is -0.655. The smallest absolute Gasteiger partial charge is 0.341 e. The Morgan fingerprint density at radius 2 is 1.79 bits per heavy atom. The number of rotatable bonds is 4. The number of halogens is 2. The van der Waals surface area contributed by atoms with Crippen LogP contribution in [0.4, 0.5) is 14.5 Å². The Kier molecular flexibility index (Phi) is 4.28. The number of hydrogen-bond donors (Lipinski definition) is 2. The summed E-state index contributed by atoms with van der Waals surface area (Å²) < 4.78 is 31.7. The van der Waals surface area contributed by atoms with Crippen LogP contribution < -0.4 is 10.3 Å². The number of carbonyl (C=O) groups is 1. The number of hydrogen-bond acceptors (Lipinski definition) is 6. The van der Waals surface area contributed by atoms with Crippen molar-refractivity contribution in [1.29, 1.82) is 0 Å². The van der Waals surface area contributed by atoms with Crippen LogP contribution in [0.5, 0.6) is 5.75 Å². The number of phenolic OH excluding ortho intramolecular Hbond substituents is 1. The number of fused-ring (bicyclic) bond motifs is 1. The summed E-state index contributed by atoms with van der Waals surface area (Å²) in [4.78, 5) is 35.9. The van der Waals surface area contributed by atoms with Gasteiger partial charge in [0.15, 0.2) is 17.4 Å². The highest BCUT2D eigenvalue weighted by atomic mass is 19.1. The standard InChI is InChI=1S/C18H17F2N3O5/c19-12-14-11(16(24)10(18(26)27)7-23(14)9-1-2-9)17(25)13(20)15(12)22-5-3-8(21-28)4-6-22/h7-9,25H,1-6H2,(H,26,27). The van der Waals surface area contributed by atoms with Crippen molar-refractivity contribution in [2.75, 3.05) is 18.0 Å². The topological polar surface area (TPSA) is 112 Å². The number of aromatic carboxylic acids is 1. The number of piperidine rings is 1. The van der Waals surface area contributed by atoms with E-state index in [0.717, 1.165) is 6.20 Å². The van der Waals surface area contributed by atoms with E-state index in [-0.39, 0.29) is 24.6 Å². The molecule has 1 aliphatic heterocycles. The molecule has 1 aliphatic carbocycles. The number of aromatic nitrogens is 1. The molecule has 1 aromatic heterocycles. The molecular formula is C18H17F2N3O5. The van der Waals surface area contributed by atoms with E-state index in [4.69, 9.17) is 0 Å². The second-order valence-corrected chi connectivity index (χ2v) is 7.19. The van der Waals surface area contributed by atoms with Crippen molar-refractivity contribution in [3.05, 3.63) is 38.5 Å². The molecule has 0 bridgehead atoms. The molecule has 28 heavy (non-hydrogen) atoms. The summed E-state index contributed by atoms with van der Waals surface area (Å²) in [5.74, 6) is -4.94. The first-order chi connectivity index (χ1) is 13.3. The number of carboxylic acids is 1. The van der Waals surface area contributed by atoms with Crippen molar-refractivity contribution in [2.24, 2.45) is 5.18 Å². The van der Waals surface area contributed by atoms with Crippen molar-refractivity contribution in [1.82, 2.24) is 4.57 Å². The first-order valence-corrected chi connectivity index (χ1v) is 8.94. The second kappa shape index (κ2) is 6.54. The predicted molar refractivity (Wildman–Crippen MR) is 96.0 cm³/mol. The van der Waals surface area contributed by atoms with Gasteiger partial charge in [-0.15, -0.1) is 0 Å². The SMILES string of the molecule is O=NC1CCN(c2c(F)c(O)c3c(=O)c(C(=O)O)cn(C4CC4)c3c2F)CC1. The predicted octanol–water partition coefficient (Wildman–Crippen LogP) is 2.75. The molecule has 2 aliphatic rings. The maximum atomic E-state index is 15.4. The summed E-state index contributed by atoms with van der Waals surface area (Å²) in [6.45, 7) is 0.326. The Labute approximate surface area is 157 Å². The van der Waals surface area contributed by atoms with Crippen molar-refractivity contribution in [3.8, 4) is 5.75 Å². The van der Waals surface area contributed by atoms with Crippen LogP contribution in [0.2, 0.25) is 0 Å². The van der Waals surface area contributed by atoms with E-state index in [1.807, 2.05) is 0 Å². The molecule has 2 N–H and O–H groups in total. The van der Waals surface area contributed by atoms with Gasteiger partial charge in [-0.3, -0.25) is 4.79 Å². The molecule has 0 spiro atoms. The third-order valence-corrected chi connectivity index (χ3v) is 5.40. The summed E-state index contributed by atoms with van der Waals surface area (Å²) in [6.07, 6.45) is 2.99. The second-order valence-electron chi connectivity index (χ2n) is 7.19. The fourth-order valence-electron chi connectivity index (χ4n) is 3.77. The van der Waals surface area contributed by atoms with E-state index < -0.39 is 51.5 Å². The van der Waals surface area contributed by atoms with Crippen LogP contribution in [0.25, 0.3) is 10.9 Å². The molecule has 8 nitrogen and oxygen atoms in total. The zero-order chi connectivity index (χ0) is 20.2. The lowest BCUT2D eigenvalue weighted by Crippen LogP contribution is -2.36. The molecule has 1 saturated heterocycles. The molecule has 0 unspecified atom stereocenters. The highest BCUT2D eigenvalue weighted by molar-refractivity contribution is 5.96. The highest BCUT2D eigenvalue weighted by Gasteiger charge is 2.34. The number of benzene rings is 1. The number of pyridine rings is 1. The quantitative estimate of drug-likeness (QED) is 0.773. The third kappa shape index (κ3) is 2.71. The van der Waals surface area contributed by atoms with E-state index in [9.17, 15) is 29.1 Å². The van der Waals surface area contributed by atoms with Crippen LogP contribution in [0.1, 0.15) is 42.1 Å². The van der Waals surface area contributed by atoms with Gasteiger partial charge in [-0.05, 0) is 25.7 Å². The fourth-order valence-corrected chi connectivity index (χ4v) is 3.77. The molecular weight excluding hydrogens is 376 g/mol. The molecule has 4 rings (SSSR count). The van der Waals surface area contributed by atoms with Gasteiger partial charge < -0.3 is 19.7 Å². The monoisotopic (exact) mass is 393 g/mol. The summed E-state index contributed by atoms with van der Waals surface area (Å²) >= 11 is 0. The Morgan fingerprint density at radius 3 is 2.32 bits per heavy atom. The van der Waals surface area contributed by atoms with E-state index in [0.29, 0.717) is 25.7 Å². The van der Waals surface area contributed by atoms with Crippen molar-refractivity contribution >= 4 is 22.6 Å². The first kappa shape index (κ1) is 18.3. The van der Waals surface area contributed by atoms with Gasteiger partial charge in [0.2, 0.25) is 5.43 Å². The molecule has 0 atom stereocenters. The van der Waals surface area contributed by atoms with Gasteiger partial charge in [-0.1, -0.05) is 5.18 Å². The van der Waals surface area contributed by atoms with Crippen LogP contribution in [-0.2, 0) is 0 Å². The van der Waals surface area contributed by atoms with E-state index in [1.165, 1.54) is 9.47 Å². The van der Waals surface area contributed by atoms with Gasteiger partial charge in [0.1, 0.15) is 11.3 Å². The van der Waals surface area contributed by atoms with Gasteiger partial charge in [0, 0.05) is 25.3 Å². The van der Waals surface area contributed by atoms with Crippen molar-refractivity contribution in [2.45, 2.75) is 37.8 Å². The van der Waals surface area contributed by atoms with E-state index in [2.05, 4.69) is 5.18 Å². The lowest BCUT2D eigenvalue weighted by molar-refractivity contribution is 0.0695. The van der Waals surface area contributed by atoms with Crippen molar-refractivity contribution < 1.29 is 23.8 Å². The van der Waals surface area contributed by atoms with Crippen molar-refractivity contribution in [3.63, 3.8) is 0 Å². The fraction of sp³-hybridized carbons (Fsp3) is 0.444. The average Bonchev–Trinajstić information content (AvgIpc) is 3.51. The summed E-state index contributed by atoms with van der Waals surface area (Å²) in [5, 5.41) is 21.9. The highest BCUT2D eigenvalue weighted by Crippen LogP contribution is 2.43. The number of anilines is 1. The maximum absolute atomic E-state index is 15.4. The average molecular weight is 393 g/mol. The van der Waals surface area contributed by atoms with Gasteiger partial charge in [0.05, 0.1) is 16.9 Å². The number of phenols is 1. The maximum Gasteiger partial charge on any atom is 0.341 e. The summed E-state index contributed by atoms with van der Waals surface area (Å²) in [7, 11) is 0. The molecule has 1 saturated carbocycles. The molecule has 148 valence electrons. The minimum absolute atomic E-state index is 0.163. The number of nitrogens with zero attached hydrogens (tertiary/aromatic N) is 3. The zero-order valence-electron chi connectivity index (χ0n) is 14.7. The number of aromatic hydroxyl groups is 1. The van der Waals surface area contributed by atoms with Gasteiger partial charge in [-0.25, -0.2) is 13.6 Å². The number of nitroso groups, excluding NO2 is 1. The molecule has 10 heteroatoms. The molecule has 2 fully saturated rings. The lowest BCUT2D eigenvalue weighted by Gasteiger charge is -2.32. The molecule has 2 aromatic rings. The first-order valence-electron chi connectivity index (χ1n) is 8.94. The Bertz CT molecular complexity index is 1060. The molecule has 2 heterocycles. The minimum Gasteiger partial charge on any atom is -0.504 e. The molecule has 0 radical (unpaired) electrons. The lowest BCUT2D eigenvalue weighted by atomic mass is 10.0. The zero-order valence-corrected chi connectivity index (χ0v) is 14.7. The van der Waals surface area contributed by atoms with Crippen LogP contribution in [0.3, 0.4) is 0 Å². The van der Waals surface area contributed by atoms with Crippen LogP contribution >= 0.6 is 0 Å². The van der Waals surface area contributed by atoms with Crippen LogP contribution in [0.15, 0.2) is 16.2 Å². The Balaban J connectivity index is 1.98. The van der Waals surface area contributed by atoms with E-state index >= 15 is 4.39 Å². The van der Waals surface area contributed by atoms with Gasteiger partial charge >= 0.3 is 5.97 Å². The summed E-state index contributed by atoms with van der Waals surface area (Å²) in [5.41, 5.74) is -2.57. The Hall–Kier alpha value is -3.04. The normalized spacial score (nSPS) is 17.9. The minimum atomic E-state index is -1.53. The number of carboxylic acid groups (broad SMARTS) is 1. The Morgan fingerprint density at radius 1 is 1.14 bits per heavy atom. The van der Waals surface area contributed by atoms with Crippen LogP contribution in [-0.4, -0.2) is 39.9 Å². The van der Waals surface area contributed by atoms with Gasteiger partial charge in [-0.2, -0.15) is 4.91 Å². The molecule has 0 amide bonds. The van der Waals surface area contributed by atoms with Crippen LogP contribution in [0, 0.1) is 16.5 Å². The third-order valence-electron chi connectivity index (χ3n) is 5.40.